The van der Waals surface area contributed by atoms with Crippen LogP contribution in [0.1, 0.15) is 41.0 Å². The second-order valence-corrected chi connectivity index (χ2v) is 4.54. The van der Waals surface area contributed by atoms with E-state index in [1.54, 1.807) is 0 Å². The topological polar surface area (TPSA) is 15.3 Å². The van der Waals surface area contributed by atoms with E-state index in [1.165, 1.54) is 6.42 Å². The molecule has 0 aliphatic rings. The molecule has 0 radical (unpaired) electrons. The van der Waals surface area contributed by atoms with Crippen molar-refractivity contribution in [1.29, 1.82) is 0 Å². The summed E-state index contributed by atoms with van der Waals surface area (Å²) in [5, 5.41) is 3.63. The first-order valence-electron chi connectivity index (χ1n) is 5.39. The Labute approximate surface area is 83.7 Å². The van der Waals surface area contributed by atoms with Crippen LogP contribution in [0, 0.1) is 0 Å². The minimum atomic E-state index is 0.263. The molecule has 2 nitrogen and oxygen atoms in total. The zero-order valence-corrected chi connectivity index (χ0v) is 10.1. The van der Waals surface area contributed by atoms with Crippen molar-refractivity contribution in [3.8, 4) is 0 Å². The van der Waals surface area contributed by atoms with Gasteiger partial charge in [-0.15, -0.1) is 0 Å². The molecule has 0 amide bonds. The smallest absolute Gasteiger partial charge is 0.0279 e. The molecule has 0 aromatic carbocycles. The summed E-state index contributed by atoms with van der Waals surface area (Å²) in [5.74, 6) is 0. The van der Waals surface area contributed by atoms with Gasteiger partial charge in [0.2, 0.25) is 0 Å². The Morgan fingerprint density at radius 3 is 2.15 bits per heavy atom. The van der Waals surface area contributed by atoms with Crippen LogP contribution in [0.2, 0.25) is 0 Å². The average molecular weight is 186 g/mol. The van der Waals surface area contributed by atoms with Gasteiger partial charge in [0.1, 0.15) is 0 Å². The summed E-state index contributed by atoms with van der Waals surface area (Å²) in [6.45, 7) is 13.4. The van der Waals surface area contributed by atoms with Crippen LogP contribution in [-0.4, -0.2) is 36.6 Å². The van der Waals surface area contributed by atoms with Crippen molar-refractivity contribution in [2.75, 3.05) is 20.1 Å². The van der Waals surface area contributed by atoms with E-state index < -0.39 is 0 Å². The summed E-state index contributed by atoms with van der Waals surface area (Å²) in [5.41, 5.74) is 0.263. The van der Waals surface area contributed by atoms with Gasteiger partial charge in [-0.2, -0.15) is 0 Å². The highest BCUT2D eigenvalue weighted by molar-refractivity contribution is 4.85. The first-order chi connectivity index (χ1) is 5.93. The molecule has 0 saturated heterocycles. The first kappa shape index (κ1) is 12.9. The number of rotatable bonds is 6. The lowest BCUT2D eigenvalue weighted by Crippen LogP contribution is -2.52. The number of hydrogen-bond donors (Lipinski definition) is 1. The predicted molar refractivity (Wildman–Crippen MR) is 60.1 cm³/mol. The van der Waals surface area contributed by atoms with Gasteiger partial charge in [0.05, 0.1) is 0 Å². The fraction of sp³-hybridized carbons (Fsp3) is 1.00. The van der Waals surface area contributed by atoms with Gasteiger partial charge in [-0.3, -0.25) is 0 Å². The minimum Gasteiger partial charge on any atom is -0.308 e. The number of nitrogens with zero attached hydrogens (tertiary/aromatic N) is 1. The van der Waals surface area contributed by atoms with Gasteiger partial charge in [-0.1, -0.05) is 27.7 Å². The van der Waals surface area contributed by atoms with Crippen LogP contribution in [0.25, 0.3) is 0 Å². The molecule has 0 heterocycles. The normalized spacial score (nSPS) is 16.6. The molecule has 2 heteroatoms. The van der Waals surface area contributed by atoms with Gasteiger partial charge in [-0.05, 0) is 26.9 Å². The van der Waals surface area contributed by atoms with Crippen LogP contribution in [0.3, 0.4) is 0 Å². The Morgan fingerprint density at radius 1 is 1.31 bits per heavy atom. The minimum absolute atomic E-state index is 0.263. The van der Waals surface area contributed by atoms with Gasteiger partial charge >= 0.3 is 0 Å². The zero-order chi connectivity index (χ0) is 10.5. The molecule has 0 aliphatic carbocycles. The van der Waals surface area contributed by atoms with Gasteiger partial charge in [0.15, 0.2) is 0 Å². The molecular weight excluding hydrogens is 160 g/mol. The largest absolute Gasteiger partial charge is 0.308 e. The molecule has 0 rings (SSSR count). The lowest BCUT2D eigenvalue weighted by Gasteiger charge is -2.35. The maximum Gasteiger partial charge on any atom is 0.0279 e. The molecule has 0 aromatic heterocycles. The van der Waals surface area contributed by atoms with E-state index in [0.29, 0.717) is 6.04 Å². The second-order valence-electron chi connectivity index (χ2n) is 4.54. The fourth-order valence-corrected chi connectivity index (χ4v) is 1.66. The van der Waals surface area contributed by atoms with Crippen molar-refractivity contribution >= 4 is 0 Å². The Hall–Kier alpha value is -0.0800. The third-order valence-electron chi connectivity index (χ3n) is 2.58. The fourth-order valence-electron chi connectivity index (χ4n) is 1.66. The van der Waals surface area contributed by atoms with E-state index in [-0.39, 0.29) is 5.54 Å². The van der Waals surface area contributed by atoms with Crippen molar-refractivity contribution in [2.24, 2.45) is 0 Å². The van der Waals surface area contributed by atoms with Crippen LogP contribution >= 0.6 is 0 Å². The standard InChI is InChI=1S/C11H26N2/c1-7-11(5,12-10(3)4)9-13(6)8-2/h10,12H,7-9H2,1-6H3. The SMILES string of the molecule is CCN(C)CC(C)(CC)NC(C)C. The van der Waals surface area contributed by atoms with E-state index >= 15 is 0 Å². The van der Waals surface area contributed by atoms with Crippen molar-refractivity contribution in [2.45, 2.75) is 52.6 Å². The molecule has 0 spiro atoms. The number of hydrogen-bond acceptors (Lipinski definition) is 2. The lowest BCUT2D eigenvalue weighted by molar-refractivity contribution is 0.210. The van der Waals surface area contributed by atoms with Crippen LogP contribution in [0.5, 0.6) is 0 Å². The summed E-state index contributed by atoms with van der Waals surface area (Å²) in [7, 11) is 2.18. The monoisotopic (exact) mass is 186 g/mol. The van der Waals surface area contributed by atoms with Crippen LogP contribution in [-0.2, 0) is 0 Å². The molecule has 0 aliphatic heterocycles. The highest BCUT2D eigenvalue weighted by Gasteiger charge is 2.23. The van der Waals surface area contributed by atoms with E-state index in [0.717, 1.165) is 13.1 Å². The summed E-state index contributed by atoms with van der Waals surface area (Å²) in [6.07, 6.45) is 1.18. The van der Waals surface area contributed by atoms with E-state index in [4.69, 9.17) is 0 Å². The predicted octanol–water partition coefficient (Wildman–Crippen LogP) is 2.10. The molecule has 1 atom stereocenters. The van der Waals surface area contributed by atoms with Crippen LogP contribution in [0.15, 0.2) is 0 Å². The summed E-state index contributed by atoms with van der Waals surface area (Å²) in [6, 6.07) is 0.565. The van der Waals surface area contributed by atoms with Gasteiger partial charge < -0.3 is 10.2 Å². The van der Waals surface area contributed by atoms with Crippen LogP contribution < -0.4 is 5.32 Å². The second kappa shape index (κ2) is 5.61. The number of likely N-dealkylation sites (N-methyl/N-ethyl adjacent to an activating group) is 1. The van der Waals surface area contributed by atoms with Crippen molar-refractivity contribution in [1.82, 2.24) is 10.2 Å². The van der Waals surface area contributed by atoms with Gasteiger partial charge in [-0.25, -0.2) is 0 Å². The zero-order valence-electron chi connectivity index (χ0n) is 10.1. The van der Waals surface area contributed by atoms with Gasteiger partial charge in [0.25, 0.3) is 0 Å². The molecule has 0 fully saturated rings. The average Bonchev–Trinajstić information content (AvgIpc) is 2.02. The quantitative estimate of drug-likeness (QED) is 0.683. The summed E-state index contributed by atoms with van der Waals surface area (Å²) >= 11 is 0. The maximum atomic E-state index is 3.63. The Bertz CT molecular complexity index is 134. The van der Waals surface area contributed by atoms with Gasteiger partial charge in [0, 0.05) is 18.1 Å². The highest BCUT2D eigenvalue weighted by Crippen LogP contribution is 2.11. The van der Waals surface area contributed by atoms with Crippen LogP contribution in [0.4, 0.5) is 0 Å². The first-order valence-corrected chi connectivity index (χ1v) is 5.39. The summed E-state index contributed by atoms with van der Waals surface area (Å²) in [4.78, 5) is 2.36. The molecule has 80 valence electrons. The van der Waals surface area contributed by atoms with Crippen molar-refractivity contribution < 1.29 is 0 Å². The number of nitrogens with one attached hydrogen (secondary N) is 1. The van der Waals surface area contributed by atoms with E-state index in [1.807, 2.05) is 0 Å². The Balaban J connectivity index is 4.10. The Kier molecular flexibility index (Phi) is 5.57. The summed E-state index contributed by atoms with van der Waals surface area (Å²) < 4.78 is 0. The third kappa shape index (κ3) is 5.27. The van der Waals surface area contributed by atoms with E-state index in [2.05, 4.69) is 51.9 Å². The van der Waals surface area contributed by atoms with E-state index in [9.17, 15) is 0 Å². The van der Waals surface area contributed by atoms with Crippen molar-refractivity contribution in [3.05, 3.63) is 0 Å². The lowest BCUT2D eigenvalue weighted by atomic mass is 9.97. The maximum absolute atomic E-state index is 3.63. The highest BCUT2D eigenvalue weighted by atomic mass is 15.1. The molecular formula is C11H26N2. The third-order valence-corrected chi connectivity index (χ3v) is 2.58. The Morgan fingerprint density at radius 2 is 1.85 bits per heavy atom. The molecule has 13 heavy (non-hydrogen) atoms. The molecule has 0 saturated carbocycles. The van der Waals surface area contributed by atoms with Crippen molar-refractivity contribution in [3.63, 3.8) is 0 Å². The molecule has 0 bridgehead atoms. The molecule has 0 aromatic rings. The molecule has 1 unspecified atom stereocenters. The molecule has 1 N–H and O–H groups in total.